The molecule has 1 aliphatic rings. The number of aromatic amines is 1. The molecule has 0 spiro atoms. The number of nitrogens with zero attached hydrogens (tertiary/aromatic N) is 2. The van der Waals surface area contributed by atoms with Crippen LogP contribution in [0.15, 0.2) is 53.6 Å². The number of amides is 1. The number of hydrogen-bond donors (Lipinski definition) is 2. The van der Waals surface area contributed by atoms with Crippen LogP contribution in [0.1, 0.15) is 42.1 Å². The average molecular weight is 336 g/mol. The Morgan fingerprint density at radius 2 is 2.00 bits per heavy atom. The van der Waals surface area contributed by atoms with Crippen molar-refractivity contribution in [2.24, 2.45) is 0 Å². The van der Waals surface area contributed by atoms with Crippen molar-refractivity contribution in [3.8, 4) is 0 Å². The fourth-order valence-electron chi connectivity index (χ4n) is 3.57. The Hall–Kier alpha value is -2.89. The maximum Gasteiger partial charge on any atom is 0.266 e. The Kier molecular flexibility index (Phi) is 4.09. The van der Waals surface area contributed by atoms with E-state index in [0.29, 0.717) is 5.56 Å². The van der Waals surface area contributed by atoms with Crippen molar-refractivity contribution in [1.82, 2.24) is 20.1 Å². The number of aromatic nitrogens is 3. The summed E-state index contributed by atoms with van der Waals surface area (Å²) in [5, 5.41) is 8.33. The third-order valence-electron chi connectivity index (χ3n) is 4.94. The summed E-state index contributed by atoms with van der Waals surface area (Å²) in [6.45, 7) is 0. The zero-order valence-electron chi connectivity index (χ0n) is 13.8. The molecule has 128 valence electrons. The minimum atomic E-state index is -0.0604. The molecule has 1 aromatic carbocycles. The van der Waals surface area contributed by atoms with Gasteiger partial charge in [-0.3, -0.25) is 9.59 Å². The van der Waals surface area contributed by atoms with E-state index in [0.717, 1.165) is 36.6 Å². The zero-order valence-corrected chi connectivity index (χ0v) is 13.8. The Morgan fingerprint density at radius 3 is 2.80 bits per heavy atom. The van der Waals surface area contributed by atoms with E-state index in [-0.39, 0.29) is 23.6 Å². The molecule has 1 fully saturated rings. The van der Waals surface area contributed by atoms with Crippen molar-refractivity contribution in [1.29, 1.82) is 0 Å². The molecule has 0 bridgehead atoms. The molecule has 1 aliphatic carbocycles. The molecule has 25 heavy (non-hydrogen) atoms. The first-order valence-electron chi connectivity index (χ1n) is 8.62. The molecular weight excluding hydrogens is 316 g/mol. The van der Waals surface area contributed by atoms with Gasteiger partial charge in [0.1, 0.15) is 0 Å². The van der Waals surface area contributed by atoms with Crippen molar-refractivity contribution in [3.63, 3.8) is 0 Å². The van der Waals surface area contributed by atoms with Crippen LogP contribution in [0.25, 0.3) is 10.9 Å². The maximum absolute atomic E-state index is 12.5. The number of hydrogen-bond acceptors (Lipinski definition) is 3. The molecule has 2 heterocycles. The largest absolute Gasteiger partial charge is 0.361 e. The van der Waals surface area contributed by atoms with Gasteiger partial charge in [0.2, 0.25) is 0 Å². The molecule has 3 aromatic rings. The number of benzene rings is 1. The predicted octanol–water partition coefficient (Wildman–Crippen LogP) is 2.64. The van der Waals surface area contributed by atoms with Crippen LogP contribution in [0.2, 0.25) is 0 Å². The van der Waals surface area contributed by atoms with Gasteiger partial charge in [0.05, 0.1) is 6.04 Å². The van der Waals surface area contributed by atoms with Crippen molar-refractivity contribution < 1.29 is 4.79 Å². The fraction of sp³-hybridized carbons (Fsp3) is 0.316. The average Bonchev–Trinajstić information content (AvgIpc) is 3.10. The van der Waals surface area contributed by atoms with Crippen LogP contribution < -0.4 is 10.9 Å². The first-order chi connectivity index (χ1) is 12.2. The number of nitrogens with one attached hydrogen (secondary N) is 2. The van der Waals surface area contributed by atoms with E-state index >= 15 is 0 Å². The van der Waals surface area contributed by atoms with Crippen LogP contribution in [-0.2, 0) is 0 Å². The van der Waals surface area contributed by atoms with Gasteiger partial charge in [-0.15, -0.1) is 0 Å². The minimum absolute atomic E-state index is 0.0402. The second-order valence-electron chi connectivity index (χ2n) is 6.57. The van der Waals surface area contributed by atoms with Crippen LogP contribution in [0.5, 0.6) is 0 Å². The normalized spacial score (nSPS) is 20.5. The topological polar surface area (TPSA) is 79.8 Å². The Balaban J connectivity index is 1.39. The van der Waals surface area contributed by atoms with Gasteiger partial charge < -0.3 is 10.3 Å². The van der Waals surface area contributed by atoms with Gasteiger partial charge in [-0.25, -0.2) is 4.68 Å². The minimum Gasteiger partial charge on any atom is -0.361 e. The van der Waals surface area contributed by atoms with Crippen LogP contribution in [0.3, 0.4) is 0 Å². The van der Waals surface area contributed by atoms with Gasteiger partial charge in [-0.1, -0.05) is 0 Å². The van der Waals surface area contributed by atoms with Crippen LogP contribution in [0.4, 0.5) is 0 Å². The number of H-pyrrole nitrogens is 1. The predicted molar refractivity (Wildman–Crippen MR) is 95.6 cm³/mol. The molecule has 2 aromatic heterocycles. The smallest absolute Gasteiger partial charge is 0.266 e. The first-order valence-corrected chi connectivity index (χ1v) is 8.62. The number of carbonyl (C=O) groups excluding carboxylic acids is 1. The van der Waals surface area contributed by atoms with Gasteiger partial charge in [0.15, 0.2) is 0 Å². The summed E-state index contributed by atoms with van der Waals surface area (Å²) in [4.78, 5) is 27.5. The zero-order chi connectivity index (χ0) is 17.2. The monoisotopic (exact) mass is 336 g/mol. The summed E-state index contributed by atoms with van der Waals surface area (Å²) < 4.78 is 1.57. The quantitative estimate of drug-likeness (QED) is 0.771. The lowest BCUT2D eigenvalue weighted by atomic mass is 9.91. The molecular formula is C19H20N4O2. The van der Waals surface area contributed by atoms with Gasteiger partial charge in [-0.2, -0.15) is 5.10 Å². The maximum atomic E-state index is 12.5. The van der Waals surface area contributed by atoms with E-state index in [2.05, 4.69) is 15.4 Å². The number of fused-ring (bicyclic) bond motifs is 1. The highest BCUT2D eigenvalue weighted by Crippen LogP contribution is 2.27. The van der Waals surface area contributed by atoms with Crippen LogP contribution in [0, 0.1) is 0 Å². The van der Waals surface area contributed by atoms with Crippen molar-refractivity contribution in [3.05, 3.63) is 64.7 Å². The fourth-order valence-corrected chi connectivity index (χ4v) is 3.57. The molecule has 0 atom stereocenters. The summed E-state index contributed by atoms with van der Waals surface area (Å²) in [5.74, 6) is -0.0402. The highest BCUT2D eigenvalue weighted by molar-refractivity contribution is 5.98. The molecule has 0 aliphatic heterocycles. The SMILES string of the molecule is O=C(NC1CCC(n2ncccc2=O)CC1)c1ccc2[nH]ccc2c1. The summed E-state index contributed by atoms with van der Waals surface area (Å²) in [6.07, 6.45) is 6.91. The standard InChI is InChI=1S/C19H20N4O2/c24-18-2-1-10-21-23(18)16-6-4-15(5-7-16)22-19(25)14-3-8-17-13(12-14)9-11-20-17/h1-3,8-12,15-16,20H,4-7H2,(H,22,25). The third-order valence-corrected chi connectivity index (χ3v) is 4.94. The molecule has 0 radical (unpaired) electrons. The lowest BCUT2D eigenvalue weighted by Gasteiger charge is -2.29. The van der Waals surface area contributed by atoms with Crippen LogP contribution >= 0.6 is 0 Å². The molecule has 6 nitrogen and oxygen atoms in total. The van der Waals surface area contributed by atoms with Crippen LogP contribution in [-0.4, -0.2) is 26.7 Å². The molecule has 0 unspecified atom stereocenters. The van der Waals surface area contributed by atoms with Gasteiger partial charge >= 0.3 is 0 Å². The van der Waals surface area contributed by atoms with Crippen molar-refractivity contribution in [2.75, 3.05) is 0 Å². The Morgan fingerprint density at radius 1 is 1.16 bits per heavy atom. The van der Waals surface area contributed by atoms with E-state index in [1.54, 1.807) is 16.9 Å². The first kappa shape index (κ1) is 15.6. The Labute approximate surface area is 144 Å². The number of carbonyl (C=O) groups is 1. The molecule has 1 amide bonds. The molecule has 0 saturated heterocycles. The molecule has 1 saturated carbocycles. The third kappa shape index (κ3) is 3.20. The molecule has 2 N–H and O–H groups in total. The summed E-state index contributed by atoms with van der Waals surface area (Å²) >= 11 is 0. The summed E-state index contributed by atoms with van der Waals surface area (Å²) in [7, 11) is 0. The van der Waals surface area contributed by atoms with E-state index in [4.69, 9.17) is 0 Å². The van der Waals surface area contributed by atoms with Crippen molar-refractivity contribution in [2.45, 2.75) is 37.8 Å². The van der Waals surface area contributed by atoms with E-state index in [1.165, 1.54) is 6.07 Å². The lowest BCUT2D eigenvalue weighted by molar-refractivity contribution is 0.0921. The van der Waals surface area contributed by atoms with Crippen molar-refractivity contribution >= 4 is 16.8 Å². The highest BCUT2D eigenvalue weighted by atomic mass is 16.1. The van der Waals surface area contributed by atoms with E-state index < -0.39 is 0 Å². The van der Waals surface area contributed by atoms with E-state index in [1.807, 2.05) is 30.5 Å². The Bertz CT molecular complexity index is 951. The van der Waals surface area contributed by atoms with Gasteiger partial charge in [-0.05, 0) is 56.0 Å². The molecule has 4 rings (SSSR count). The second-order valence-corrected chi connectivity index (χ2v) is 6.57. The molecule has 6 heteroatoms. The van der Waals surface area contributed by atoms with Gasteiger partial charge in [0, 0.05) is 41.0 Å². The van der Waals surface area contributed by atoms with E-state index in [9.17, 15) is 9.59 Å². The lowest BCUT2D eigenvalue weighted by Crippen LogP contribution is -2.39. The summed E-state index contributed by atoms with van der Waals surface area (Å²) in [6, 6.07) is 11.1. The highest BCUT2D eigenvalue weighted by Gasteiger charge is 2.24. The van der Waals surface area contributed by atoms with Gasteiger partial charge in [0.25, 0.3) is 11.5 Å². The number of rotatable bonds is 3. The second kappa shape index (κ2) is 6.55. The summed E-state index contributed by atoms with van der Waals surface area (Å²) in [5.41, 5.74) is 1.64.